The van der Waals surface area contributed by atoms with Gasteiger partial charge in [0.1, 0.15) is 12.4 Å². The maximum Gasteiger partial charge on any atom is 0.356 e. The van der Waals surface area contributed by atoms with Gasteiger partial charge < -0.3 is 14.3 Å². The van der Waals surface area contributed by atoms with Crippen molar-refractivity contribution in [2.45, 2.75) is 19.4 Å². The lowest BCUT2D eigenvalue weighted by molar-refractivity contribution is -0.135. The van der Waals surface area contributed by atoms with Gasteiger partial charge in [-0.15, -0.1) is 0 Å². The number of oxime groups is 1. The van der Waals surface area contributed by atoms with Gasteiger partial charge in [0.2, 0.25) is 0 Å². The molecule has 0 amide bonds. The van der Waals surface area contributed by atoms with Gasteiger partial charge in [-0.25, -0.2) is 4.79 Å². The van der Waals surface area contributed by atoms with Crippen molar-refractivity contribution in [3.63, 3.8) is 0 Å². The maximum absolute atomic E-state index is 11.4. The van der Waals surface area contributed by atoms with Gasteiger partial charge in [0.25, 0.3) is 0 Å². The Labute approximate surface area is 116 Å². The van der Waals surface area contributed by atoms with Gasteiger partial charge in [-0.1, -0.05) is 17.3 Å². The zero-order chi connectivity index (χ0) is 14.4. The molecule has 1 heterocycles. The van der Waals surface area contributed by atoms with Crippen LogP contribution in [0.4, 0.5) is 0 Å². The highest BCUT2D eigenvalue weighted by Crippen LogP contribution is 2.18. The van der Waals surface area contributed by atoms with Gasteiger partial charge >= 0.3 is 5.97 Å². The molecule has 0 aromatic heterocycles. The van der Waals surface area contributed by atoms with Crippen molar-refractivity contribution < 1.29 is 23.9 Å². The summed E-state index contributed by atoms with van der Waals surface area (Å²) in [5.41, 5.74) is 0.723. The van der Waals surface area contributed by atoms with Gasteiger partial charge in [0, 0.05) is 6.42 Å². The van der Waals surface area contributed by atoms with Gasteiger partial charge in [-0.2, -0.15) is 0 Å². The number of rotatable bonds is 6. The van der Waals surface area contributed by atoms with Crippen molar-refractivity contribution in [3.8, 4) is 5.75 Å². The zero-order valence-electron chi connectivity index (χ0n) is 11.1. The quantitative estimate of drug-likeness (QED) is 0.583. The summed E-state index contributed by atoms with van der Waals surface area (Å²) in [4.78, 5) is 27.4. The van der Waals surface area contributed by atoms with Crippen molar-refractivity contribution in [2.24, 2.45) is 5.16 Å². The summed E-state index contributed by atoms with van der Waals surface area (Å²) in [7, 11) is 0. The third-order valence-electron chi connectivity index (χ3n) is 2.71. The topological polar surface area (TPSA) is 74.2 Å². The summed E-state index contributed by atoms with van der Waals surface area (Å²) >= 11 is 0. The molecular weight excluding hydrogens is 262 g/mol. The number of benzene rings is 1. The summed E-state index contributed by atoms with van der Waals surface area (Å²) in [5.74, 6) is 0.0129. The maximum atomic E-state index is 11.4. The summed E-state index contributed by atoms with van der Waals surface area (Å²) in [6.07, 6.45) is 0.710. The first-order valence-electron chi connectivity index (χ1n) is 6.31. The molecule has 1 atom stereocenters. The Bertz CT molecular complexity index is 526. The summed E-state index contributed by atoms with van der Waals surface area (Å²) in [6.45, 7) is 2.23. The minimum atomic E-state index is -0.469. The van der Waals surface area contributed by atoms with Crippen LogP contribution in [0.3, 0.4) is 0 Å². The van der Waals surface area contributed by atoms with Gasteiger partial charge in [0.05, 0.1) is 12.2 Å². The Hall–Kier alpha value is -2.37. The van der Waals surface area contributed by atoms with Gasteiger partial charge in [0.15, 0.2) is 18.1 Å². The van der Waals surface area contributed by atoms with E-state index < -0.39 is 5.97 Å². The highest BCUT2D eigenvalue weighted by molar-refractivity contribution is 6.36. The third kappa shape index (κ3) is 3.34. The fourth-order valence-electron chi connectivity index (χ4n) is 1.74. The van der Waals surface area contributed by atoms with Crippen LogP contribution >= 0.6 is 0 Å². The Morgan fingerprint density at radius 1 is 1.50 bits per heavy atom. The fraction of sp³-hybridized carbons (Fsp3) is 0.357. The summed E-state index contributed by atoms with van der Waals surface area (Å²) in [6, 6.07) is 6.90. The highest BCUT2D eigenvalue weighted by Gasteiger charge is 2.27. The van der Waals surface area contributed by atoms with E-state index in [4.69, 9.17) is 14.3 Å². The molecule has 0 fully saturated rings. The standard InChI is InChI=1S/C14H15NO5/c1-2-18-14(17)12-7-11(20-15-12)9-19-13-6-4-3-5-10(13)8-16/h3-6,8,11H,2,7,9H2,1H3/t11-/m0/s1. The van der Waals surface area contributed by atoms with Crippen molar-refractivity contribution in [1.82, 2.24) is 0 Å². The molecule has 1 aromatic carbocycles. The Morgan fingerprint density at radius 3 is 3.05 bits per heavy atom. The molecule has 0 bridgehead atoms. The Balaban J connectivity index is 1.85. The number of nitrogens with zero attached hydrogens (tertiary/aromatic N) is 1. The molecule has 2 rings (SSSR count). The van der Waals surface area contributed by atoms with Crippen LogP contribution in [0.15, 0.2) is 29.4 Å². The van der Waals surface area contributed by atoms with E-state index in [9.17, 15) is 9.59 Å². The van der Waals surface area contributed by atoms with Crippen molar-refractivity contribution in [1.29, 1.82) is 0 Å². The lowest BCUT2D eigenvalue weighted by atomic mass is 10.2. The number of carbonyl (C=O) groups excluding carboxylic acids is 2. The molecule has 0 saturated heterocycles. The van der Waals surface area contributed by atoms with E-state index in [-0.39, 0.29) is 18.4 Å². The first-order chi connectivity index (χ1) is 9.74. The molecule has 0 aliphatic carbocycles. The first kappa shape index (κ1) is 14.0. The first-order valence-corrected chi connectivity index (χ1v) is 6.31. The predicted octanol–water partition coefficient (Wildman–Crippen LogP) is 1.59. The molecule has 20 heavy (non-hydrogen) atoms. The zero-order valence-corrected chi connectivity index (χ0v) is 11.1. The Kier molecular flexibility index (Phi) is 4.70. The molecule has 0 N–H and O–H groups in total. The molecule has 0 spiro atoms. The lowest BCUT2D eigenvalue weighted by Crippen LogP contribution is -2.22. The highest BCUT2D eigenvalue weighted by atomic mass is 16.7. The molecule has 1 aliphatic rings. The van der Waals surface area contributed by atoms with Crippen LogP contribution in [0.1, 0.15) is 23.7 Å². The van der Waals surface area contributed by atoms with Crippen molar-refractivity contribution in [2.75, 3.05) is 13.2 Å². The van der Waals surface area contributed by atoms with E-state index in [1.54, 1.807) is 31.2 Å². The van der Waals surface area contributed by atoms with Gasteiger partial charge in [-0.05, 0) is 19.1 Å². The largest absolute Gasteiger partial charge is 0.489 e. The second-order valence-electron chi connectivity index (χ2n) is 4.16. The second-order valence-corrected chi connectivity index (χ2v) is 4.16. The van der Waals surface area contributed by atoms with Gasteiger partial charge in [-0.3, -0.25) is 4.79 Å². The van der Waals surface area contributed by atoms with Crippen LogP contribution in [0.25, 0.3) is 0 Å². The predicted molar refractivity (Wildman–Crippen MR) is 70.9 cm³/mol. The van der Waals surface area contributed by atoms with Crippen LogP contribution in [-0.2, 0) is 14.4 Å². The van der Waals surface area contributed by atoms with E-state index >= 15 is 0 Å². The number of ether oxygens (including phenoxy) is 2. The number of aldehydes is 1. The average Bonchev–Trinajstić information content (AvgIpc) is 2.94. The van der Waals surface area contributed by atoms with Crippen LogP contribution in [0.2, 0.25) is 0 Å². The monoisotopic (exact) mass is 277 g/mol. The molecule has 6 nitrogen and oxygen atoms in total. The van der Waals surface area contributed by atoms with Crippen LogP contribution < -0.4 is 4.74 Å². The SMILES string of the molecule is CCOC(=O)C1=NO[C@H](COc2ccccc2C=O)C1. The van der Waals surface area contributed by atoms with E-state index in [1.807, 2.05) is 0 Å². The number of esters is 1. The molecule has 0 saturated carbocycles. The third-order valence-corrected chi connectivity index (χ3v) is 2.71. The number of para-hydroxylation sites is 1. The Morgan fingerprint density at radius 2 is 2.30 bits per heavy atom. The summed E-state index contributed by atoms with van der Waals surface area (Å²) < 4.78 is 10.4. The molecule has 1 aliphatic heterocycles. The molecule has 1 aromatic rings. The van der Waals surface area contributed by atoms with E-state index in [1.165, 1.54) is 0 Å². The van der Waals surface area contributed by atoms with E-state index in [2.05, 4.69) is 5.16 Å². The van der Waals surface area contributed by atoms with Crippen LogP contribution in [0.5, 0.6) is 5.75 Å². The molecular formula is C14H15NO5. The van der Waals surface area contributed by atoms with E-state index in [0.717, 1.165) is 6.29 Å². The fourth-order valence-corrected chi connectivity index (χ4v) is 1.74. The van der Waals surface area contributed by atoms with Crippen molar-refractivity contribution >= 4 is 18.0 Å². The van der Waals surface area contributed by atoms with E-state index in [0.29, 0.717) is 24.3 Å². The summed E-state index contributed by atoms with van der Waals surface area (Å²) in [5, 5.41) is 3.68. The molecule has 106 valence electrons. The average molecular weight is 277 g/mol. The normalized spacial score (nSPS) is 17.1. The van der Waals surface area contributed by atoms with Crippen LogP contribution in [0, 0.1) is 0 Å². The molecule has 0 radical (unpaired) electrons. The number of carbonyl (C=O) groups is 2. The van der Waals surface area contributed by atoms with Crippen LogP contribution in [-0.4, -0.2) is 37.3 Å². The van der Waals surface area contributed by atoms with Crippen molar-refractivity contribution in [3.05, 3.63) is 29.8 Å². The number of hydrogen-bond acceptors (Lipinski definition) is 6. The molecule has 6 heteroatoms. The second kappa shape index (κ2) is 6.70. The smallest absolute Gasteiger partial charge is 0.356 e. The lowest BCUT2D eigenvalue weighted by Gasteiger charge is -2.11. The molecule has 0 unspecified atom stereocenters. The minimum Gasteiger partial charge on any atom is -0.489 e. The number of hydrogen-bond donors (Lipinski definition) is 0. The minimum absolute atomic E-state index is 0.206.